The molecule has 0 heterocycles. The van der Waals surface area contributed by atoms with Crippen LogP contribution in [0.5, 0.6) is 0 Å². The molecule has 0 aliphatic carbocycles. The molecule has 41 heavy (non-hydrogen) atoms. The molecule has 0 aromatic rings. The summed E-state index contributed by atoms with van der Waals surface area (Å²) in [6.07, 6.45) is 42.1. The van der Waals surface area contributed by atoms with E-state index >= 15 is 0 Å². The summed E-state index contributed by atoms with van der Waals surface area (Å²) in [6.45, 7) is 9.41. The Labute approximate surface area is 255 Å². The number of rotatable bonds is 28. The standard InChI is InChI=1S/C32H68P.CHF3NO2S/c1-5-9-13-17-18-19-20-21-22-23-24-28-32-33(29-25-14-10-6-2,30-26-15-11-7-3)31-27-16-12-8-4;2-1(3,4)8(5,6)7/h5-32H2,1-4H3;(H-,5,6,7)/q+1;-1. The van der Waals surface area contributed by atoms with Gasteiger partial charge in [-0.25, -0.2) is 8.42 Å². The highest BCUT2D eigenvalue weighted by Crippen LogP contribution is 2.61. The van der Waals surface area contributed by atoms with Gasteiger partial charge >= 0.3 is 5.51 Å². The Morgan fingerprint density at radius 3 is 0.805 bits per heavy atom. The maximum atomic E-state index is 10.8. The molecule has 0 fully saturated rings. The molecule has 0 amide bonds. The first-order valence-electron chi connectivity index (χ1n) is 17.4. The zero-order chi connectivity index (χ0) is 31.3. The molecule has 0 saturated heterocycles. The second kappa shape index (κ2) is 28.9. The summed E-state index contributed by atoms with van der Waals surface area (Å²) in [4.78, 5) is 0. The van der Waals surface area contributed by atoms with Crippen LogP contribution < -0.4 is 0 Å². The molecule has 0 radical (unpaired) electrons. The van der Waals surface area contributed by atoms with Crippen LogP contribution in [0.4, 0.5) is 13.2 Å². The second-order valence-electron chi connectivity index (χ2n) is 12.3. The van der Waals surface area contributed by atoms with Crippen LogP contribution in [0.2, 0.25) is 0 Å². The molecule has 8 heteroatoms. The summed E-state index contributed by atoms with van der Waals surface area (Å²) in [5.74, 6) is 0. The van der Waals surface area contributed by atoms with E-state index in [4.69, 9.17) is 5.14 Å². The number of sulfonamides is 1. The molecule has 0 saturated carbocycles. The van der Waals surface area contributed by atoms with Crippen molar-refractivity contribution in [3.05, 3.63) is 5.14 Å². The van der Waals surface area contributed by atoms with Crippen LogP contribution in [-0.4, -0.2) is 38.6 Å². The molecule has 1 N–H and O–H groups in total. The van der Waals surface area contributed by atoms with E-state index in [-0.39, 0.29) is 0 Å². The first-order valence-corrected chi connectivity index (χ1v) is 21.4. The summed E-state index contributed by atoms with van der Waals surface area (Å²) in [7, 11) is -6.29. The average Bonchev–Trinajstić information content (AvgIpc) is 2.91. The van der Waals surface area contributed by atoms with Crippen LogP contribution in [0.25, 0.3) is 5.14 Å². The predicted octanol–water partition coefficient (Wildman–Crippen LogP) is 13.3. The first-order chi connectivity index (χ1) is 19.5. The van der Waals surface area contributed by atoms with Crippen LogP contribution in [-0.2, 0) is 10.0 Å². The van der Waals surface area contributed by atoms with Crippen LogP contribution in [0.15, 0.2) is 0 Å². The fourth-order valence-electron chi connectivity index (χ4n) is 5.58. The van der Waals surface area contributed by atoms with Crippen molar-refractivity contribution >= 4 is 17.3 Å². The summed E-state index contributed by atoms with van der Waals surface area (Å²) in [6, 6.07) is 0. The highest BCUT2D eigenvalue weighted by atomic mass is 32.2. The third-order valence-corrected chi connectivity index (χ3v) is 13.9. The lowest BCUT2D eigenvalue weighted by Crippen LogP contribution is -2.18. The van der Waals surface area contributed by atoms with E-state index in [9.17, 15) is 21.6 Å². The molecule has 0 rings (SSSR count). The molecule has 0 spiro atoms. The quantitative estimate of drug-likeness (QED) is 0.0637. The summed E-state index contributed by atoms with van der Waals surface area (Å²) in [5, 5.41) is 5.43. The van der Waals surface area contributed by atoms with Crippen LogP contribution in [0, 0.1) is 0 Å². The zero-order valence-electron chi connectivity index (χ0n) is 27.6. The molecule has 0 aliphatic heterocycles. The van der Waals surface area contributed by atoms with Gasteiger partial charge in [-0.2, -0.15) is 13.2 Å². The topological polar surface area (TPSA) is 57.9 Å². The molecule has 250 valence electrons. The lowest BCUT2D eigenvalue weighted by molar-refractivity contribution is -0.0423. The Hall–Kier alpha value is 0.130. The zero-order valence-corrected chi connectivity index (χ0v) is 29.3. The van der Waals surface area contributed by atoms with Gasteiger partial charge in [0.05, 0.1) is 24.6 Å². The van der Waals surface area contributed by atoms with Crippen LogP contribution >= 0.6 is 7.26 Å². The lowest BCUT2D eigenvalue weighted by atomic mass is 10.1. The van der Waals surface area contributed by atoms with Crippen molar-refractivity contribution in [2.45, 2.75) is 187 Å². The molecule has 0 aliphatic rings. The normalized spacial score (nSPS) is 12.4. The fraction of sp³-hybridized carbons (Fsp3) is 1.00. The van der Waals surface area contributed by atoms with E-state index in [1.54, 1.807) is 50.3 Å². The Kier molecular flexibility index (Phi) is 30.5. The summed E-state index contributed by atoms with van der Waals surface area (Å²) in [5.41, 5.74) is -5.42. The Bertz CT molecular complexity index is 614. The molecule has 0 aromatic carbocycles. The predicted molar refractivity (Wildman–Crippen MR) is 179 cm³/mol. The smallest absolute Gasteiger partial charge is 0.479 e. The van der Waals surface area contributed by atoms with E-state index in [1.165, 1.54) is 128 Å². The van der Waals surface area contributed by atoms with E-state index < -0.39 is 22.8 Å². The maximum Gasteiger partial charge on any atom is 0.479 e. The van der Waals surface area contributed by atoms with Gasteiger partial charge in [0, 0.05) is 7.26 Å². The minimum absolute atomic E-state index is 0.697. The van der Waals surface area contributed by atoms with Gasteiger partial charge in [-0.3, -0.25) is 0 Å². The van der Waals surface area contributed by atoms with Crippen molar-refractivity contribution in [1.82, 2.24) is 0 Å². The van der Waals surface area contributed by atoms with Crippen molar-refractivity contribution in [3.8, 4) is 0 Å². The molecular weight excluding hydrogens is 562 g/mol. The van der Waals surface area contributed by atoms with Crippen LogP contribution in [0.3, 0.4) is 0 Å². The van der Waals surface area contributed by atoms with Crippen molar-refractivity contribution < 1.29 is 21.6 Å². The number of halogens is 3. The first kappa shape index (κ1) is 43.3. The Balaban J connectivity index is 0. The third kappa shape index (κ3) is 28.6. The van der Waals surface area contributed by atoms with Gasteiger partial charge in [0.2, 0.25) is 0 Å². The van der Waals surface area contributed by atoms with E-state index in [2.05, 4.69) is 27.7 Å². The Morgan fingerprint density at radius 2 is 0.610 bits per heavy atom. The summed E-state index contributed by atoms with van der Waals surface area (Å²) < 4.78 is 50.8. The van der Waals surface area contributed by atoms with Crippen molar-refractivity contribution in [3.63, 3.8) is 0 Å². The summed E-state index contributed by atoms with van der Waals surface area (Å²) >= 11 is 0. The molecule has 0 bridgehead atoms. The van der Waals surface area contributed by atoms with E-state index in [0.717, 1.165) is 0 Å². The minimum atomic E-state index is -5.59. The molecule has 0 aromatic heterocycles. The van der Waals surface area contributed by atoms with Crippen LogP contribution in [0.1, 0.15) is 182 Å². The highest BCUT2D eigenvalue weighted by Gasteiger charge is 2.36. The van der Waals surface area contributed by atoms with Crippen molar-refractivity contribution in [2.75, 3.05) is 24.6 Å². The van der Waals surface area contributed by atoms with Crippen molar-refractivity contribution in [1.29, 1.82) is 0 Å². The van der Waals surface area contributed by atoms with Crippen molar-refractivity contribution in [2.24, 2.45) is 0 Å². The minimum Gasteiger partial charge on any atom is -0.556 e. The van der Waals surface area contributed by atoms with Gasteiger partial charge in [0.25, 0.3) is 0 Å². The SMILES string of the molecule is CCCCCCCCCCCCCC[P+](CCCCCC)(CCCCCC)CCCCCC.[NH-]S(=O)(=O)C(F)(F)F. The van der Waals surface area contributed by atoms with E-state index in [1.807, 2.05) is 0 Å². The third-order valence-electron chi connectivity index (χ3n) is 8.25. The maximum absolute atomic E-state index is 10.8. The fourth-order valence-corrected chi connectivity index (χ4v) is 10.5. The number of hydrogen-bond donors (Lipinski definition) is 0. The molecule has 0 atom stereocenters. The van der Waals surface area contributed by atoms with Gasteiger partial charge in [0.1, 0.15) is 0 Å². The number of hydrogen-bond acceptors (Lipinski definition) is 2. The number of alkyl halides is 3. The van der Waals surface area contributed by atoms with Gasteiger partial charge in [-0.05, 0) is 51.4 Å². The van der Waals surface area contributed by atoms with Gasteiger partial charge in [-0.1, -0.05) is 130 Å². The lowest BCUT2D eigenvalue weighted by Gasteiger charge is -2.28. The monoisotopic (exact) mass is 631 g/mol. The average molecular weight is 632 g/mol. The molecule has 3 nitrogen and oxygen atoms in total. The van der Waals surface area contributed by atoms with Gasteiger partial charge in [0.15, 0.2) is 10.0 Å². The van der Waals surface area contributed by atoms with Gasteiger partial charge in [-0.15, -0.1) is 0 Å². The highest BCUT2D eigenvalue weighted by molar-refractivity contribution is 7.93. The molecular formula is C33H69F3NO2PS. The number of nitrogens with one attached hydrogen (secondary N) is 1. The Morgan fingerprint density at radius 1 is 0.439 bits per heavy atom. The number of unbranched alkanes of at least 4 members (excludes halogenated alkanes) is 20. The molecule has 0 unspecified atom stereocenters. The van der Waals surface area contributed by atoms with Gasteiger partial charge < -0.3 is 5.14 Å². The largest absolute Gasteiger partial charge is 0.556 e. The van der Waals surface area contributed by atoms with E-state index in [0.29, 0.717) is 0 Å². The second-order valence-corrected chi connectivity index (χ2v) is 18.2.